The average molecular weight is 313 g/mol. The molecule has 0 radical (unpaired) electrons. The number of pyridine rings is 1. The van der Waals surface area contributed by atoms with Gasteiger partial charge in [0.25, 0.3) is 5.91 Å². The molecule has 7 nitrogen and oxygen atoms in total. The number of benzene rings is 1. The highest BCUT2D eigenvalue weighted by atomic mass is 16.5. The molecule has 0 fully saturated rings. The van der Waals surface area contributed by atoms with Gasteiger partial charge in [-0.2, -0.15) is 0 Å². The molecule has 3 rings (SSSR count). The Labute approximate surface area is 131 Å². The first-order chi connectivity index (χ1) is 11.1. The first kappa shape index (κ1) is 14.8. The summed E-state index contributed by atoms with van der Waals surface area (Å²) in [7, 11) is 1.55. The summed E-state index contributed by atoms with van der Waals surface area (Å²) in [6.45, 7) is 1.94. The Bertz CT molecular complexity index is 930. The molecule has 1 amide bonds. The van der Waals surface area contributed by atoms with Gasteiger partial charge in [0.1, 0.15) is 5.75 Å². The summed E-state index contributed by atoms with van der Waals surface area (Å²) >= 11 is 0. The number of esters is 1. The van der Waals surface area contributed by atoms with E-state index in [4.69, 9.17) is 15.2 Å². The Kier molecular flexibility index (Phi) is 3.61. The van der Waals surface area contributed by atoms with Crippen molar-refractivity contribution in [1.29, 1.82) is 0 Å². The van der Waals surface area contributed by atoms with Crippen molar-refractivity contribution in [3.63, 3.8) is 0 Å². The van der Waals surface area contributed by atoms with Crippen molar-refractivity contribution in [2.45, 2.75) is 6.92 Å². The average Bonchev–Trinajstić information content (AvgIpc) is 2.98. The van der Waals surface area contributed by atoms with E-state index in [-0.39, 0.29) is 23.5 Å². The van der Waals surface area contributed by atoms with Crippen molar-refractivity contribution in [2.75, 3.05) is 13.7 Å². The largest absolute Gasteiger partial charge is 0.495 e. The van der Waals surface area contributed by atoms with Crippen LogP contribution in [-0.2, 0) is 4.74 Å². The third-order valence-corrected chi connectivity index (χ3v) is 3.49. The number of primary amides is 1. The highest BCUT2D eigenvalue weighted by molar-refractivity contribution is 6.04. The van der Waals surface area contributed by atoms with Crippen LogP contribution < -0.4 is 10.5 Å². The topological polar surface area (TPSA) is 95.9 Å². The molecule has 0 aliphatic rings. The van der Waals surface area contributed by atoms with Crippen LogP contribution in [0.25, 0.3) is 16.6 Å². The molecule has 0 spiro atoms. The zero-order valence-electron chi connectivity index (χ0n) is 12.7. The second kappa shape index (κ2) is 5.60. The molecule has 2 N–H and O–H groups in total. The predicted molar refractivity (Wildman–Crippen MR) is 83.7 cm³/mol. The SMILES string of the molecule is CCOC(=O)c1cn2c(n1)c(C(N)=O)cc1cccc(OC)c12. The second-order valence-corrected chi connectivity index (χ2v) is 4.86. The summed E-state index contributed by atoms with van der Waals surface area (Å²) in [5.41, 5.74) is 6.76. The van der Waals surface area contributed by atoms with Crippen molar-refractivity contribution in [2.24, 2.45) is 5.73 Å². The molecule has 0 aliphatic heterocycles. The van der Waals surface area contributed by atoms with Crippen LogP contribution in [0.5, 0.6) is 5.75 Å². The van der Waals surface area contributed by atoms with E-state index in [9.17, 15) is 9.59 Å². The van der Waals surface area contributed by atoms with Crippen molar-refractivity contribution >= 4 is 28.4 Å². The van der Waals surface area contributed by atoms with Gasteiger partial charge in [-0.25, -0.2) is 9.78 Å². The molecule has 0 saturated heterocycles. The maximum absolute atomic E-state index is 11.9. The fourth-order valence-electron chi connectivity index (χ4n) is 2.52. The molecule has 118 valence electrons. The second-order valence-electron chi connectivity index (χ2n) is 4.86. The van der Waals surface area contributed by atoms with Gasteiger partial charge >= 0.3 is 5.97 Å². The lowest BCUT2D eigenvalue weighted by molar-refractivity contribution is 0.0520. The lowest BCUT2D eigenvalue weighted by atomic mass is 10.1. The number of amides is 1. The Morgan fingerprint density at radius 1 is 1.35 bits per heavy atom. The molecule has 0 atom stereocenters. The number of imidazole rings is 1. The van der Waals surface area contributed by atoms with Crippen molar-refractivity contribution in [3.05, 3.63) is 41.7 Å². The normalized spacial score (nSPS) is 10.9. The van der Waals surface area contributed by atoms with Crippen LogP contribution in [-0.4, -0.2) is 35.0 Å². The Morgan fingerprint density at radius 3 is 2.78 bits per heavy atom. The highest BCUT2D eigenvalue weighted by Gasteiger charge is 2.19. The number of hydrogen-bond acceptors (Lipinski definition) is 5. The number of methoxy groups -OCH3 is 1. The van der Waals surface area contributed by atoms with Gasteiger partial charge in [-0.15, -0.1) is 0 Å². The van der Waals surface area contributed by atoms with E-state index < -0.39 is 11.9 Å². The Balaban J connectivity index is 2.41. The van der Waals surface area contributed by atoms with Crippen LogP contribution in [0, 0.1) is 0 Å². The molecule has 3 aromatic rings. The molecule has 0 saturated carbocycles. The lowest BCUT2D eigenvalue weighted by Crippen LogP contribution is -2.13. The minimum Gasteiger partial charge on any atom is -0.495 e. The van der Waals surface area contributed by atoms with E-state index in [2.05, 4.69) is 4.98 Å². The third-order valence-electron chi connectivity index (χ3n) is 3.49. The minimum absolute atomic E-state index is 0.104. The molecule has 1 aromatic carbocycles. The minimum atomic E-state index is -0.624. The Morgan fingerprint density at radius 2 is 2.13 bits per heavy atom. The Hall–Kier alpha value is -3.09. The summed E-state index contributed by atoms with van der Waals surface area (Å²) in [5.74, 6) is -0.591. The number of para-hydroxylation sites is 1. The van der Waals surface area contributed by atoms with Crippen LogP contribution >= 0.6 is 0 Å². The number of ether oxygens (including phenoxy) is 2. The monoisotopic (exact) mass is 313 g/mol. The summed E-state index contributed by atoms with van der Waals surface area (Å²) in [5, 5.41) is 0.749. The smallest absolute Gasteiger partial charge is 0.358 e. The number of carbonyl (C=O) groups is 2. The van der Waals surface area contributed by atoms with Gasteiger partial charge in [0, 0.05) is 11.6 Å². The quantitative estimate of drug-likeness (QED) is 0.741. The molecule has 0 bridgehead atoms. The van der Waals surface area contributed by atoms with E-state index in [1.165, 1.54) is 6.20 Å². The highest BCUT2D eigenvalue weighted by Crippen LogP contribution is 2.29. The predicted octanol–water partition coefficient (Wildman–Crippen LogP) is 1.77. The molecule has 0 unspecified atom stereocenters. The lowest BCUT2D eigenvalue weighted by Gasteiger charge is -2.09. The maximum atomic E-state index is 11.9. The summed E-state index contributed by atoms with van der Waals surface area (Å²) in [6.07, 6.45) is 1.52. The van der Waals surface area contributed by atoms with Gasteiger partial charge in [0.2, 0.25) is 0 Å². The number of fused-ring (bicyclic) bond motifs is 3. The molecular formula is C16H15N3O4. The first-order valence-electron chi connectivity index (χ1n) is 7.02. The molecule has 23 heavy (non-hydrogen) atoms. The zero-order valence-corrected chi connectivity index (χ0v) is 12.7. The number of rotatable bonds is 4. The number of carbonyl (C=O) groups excluding carboxylic acids is 2. The maximum Gasteiger partial charge on any atom is 0.358 e. The van der Waals surface area contributed by atoms with E-state index in [0.29, 0.717) is 11.3 Å². The van der Waals surface area contributed by atoms with E-state index in [1.807, 2.05) is 6.07 Å². The van der Waals surface area contributed by atoms with Gasteiger partial charge in [-0.05, 0) is 19.1 Å². The van der Waals surface area contributed by atoms with E-state index >= 15 is 0 Å². The van der Waals surface area contributed by atoms with Crippen LogP contribution in [0.15, 0.2) is 30.5 Å². The summed E-state index contributed by atoms with van der Waals surface area (Å²) < 4.78 is 12.0. The van der Waals surface area contributed by atoms with Gasteiger partial charge < -0.3 is 15.2 Å². The van der Waals surface area contributed by atoms with Crippen molar-refractivity contribution < 1.29 is 19.1 Å². The first-order valence-corrected chi connectivity index (χ1v) is 7.02. The van der Waals surface area contributed by atoms with E-state index in [0.717, 1.165) is 5.39 Å². The molecular weight excluding hydrogens is 298 g/mol. The van der Waals surface area contributed by atoms with Gasteiger partial charge in [-0.1, -0.05) is 12.1 Å². The molecule has 0 aliphatic carbocycles. The fourth-order valence-corrected chi connectivity index (χ4v) is 2.52. The van der Waals surface area contributed by atoms with Crippen molar-refractivity contribution in [3.8, 4) is 5.75 Å². The van der Waals surface area contributed by atoms with Gasteiger partial charge in [-0.3, -0.25) is 9.20 Å². The molecule has 2 heterocycles. The molecule has 7 heteroatoms. The van der Waals surface area contributed by atoms with Crippen LogP contribution in [0.4, 0.5) is 0 Å². The van der Waals surface area contributed by atoms with Crippen LogP contribution in [0.3, 0.4) is 0 Å². The fraction of sp³-hybridized carbons (Fsp3) is 0.188. The summed E-state index contributed by atoms with van der Waals surface area (Å²) in [6, 6.07) is 7.06. The van der Waals surface area contributed by atoms with Crippen molar-refractivity contribution in [1.82, 2.24) is 9.38 Å². The standard InChI is InChI=1S/C16H15N3O4/c1-3-23-16(21)11-8-19-13-9(5-4-6-12(13)22-2)7-10(14(17)20)15(19)18-11/h4-8H,3H2,1-2H3,(H2,17,20). The van der Waals surface area contributed by atoms with Gasteiger partial charge in [0.05, 0.1) is 24.8 Å². The van der Waals surface area contributed by atoms with E-state index in [1.54, 1.807) is 36.6 Å². The number of aromatic nitrogens is 2. The molecule has 2 aromatic heterocycles. The summed E-state index contributed by atoms with van der Waals surface area (Å²) in [4.78, 5) is 27.9. The third kappa shape index (κ3) is 2.36. The van der Waals surface area contributed by atoms with Crippen LogP contribution in [0.2, 0.25) is 0 Å². The number of hydrogen-bond donors (Lipinski definition) is 1. The number of nitrogens with two attached hydrogens (primary N) is 1. The zero-order chi connectivity index (χ0) is 16.6. The number of nitrogens with zero attached hydrogens (tertiary/aromatic N) is 2. The van der Waals surface area contributed by atoms with Gasteiger partial charge in [0.15, 0.2) is 11.3 Å². The van der Waals surface area contributed by atoms with Crippen LogP contribution in [0.1, 0.15) is 27.8 Å².